The van der Waals surface area contributed by atoms with Crippen LogP contribution in [0, 0.1) is 12.1 Å². The van der Waals surface area contributed by atoms with Crippen LogP contribution in [0.5, 0.6) is 5.75 Å². The van der Waals surface area contributed by atoms with Crippen LogP contribution in [0.2, 0.25) is 0 Å². The summed E-state index contributed by atoms with van der Waals surface area (Å²) in [6.07, 6.45) is 0. The lowest BCUT2D eigenvalue weighted by atomic mass is 10.3. The summed E-state index contributed by atoms with van der Waals surface area (Å²) in [5.41, 5.74) is -0.106. The maximum Gasteiger partial charge on any atom is 0.338 e. The largest absolute Gasteiger partial charge is 0.497 e. The molecule has 0 bridgehead atoms. The monoisotopic (exact) mass is 270 g/mol. The Balaban J connectivity index is 2.51. The molecule has 8 heteroatoms. The molecule has 0 aliphatic rings. The third kappa shape index (κ3) is 1.90. The summed E-state index contributed by atoms with van der Waals surface area (Å²) < 4.78 is 33.5. The minimum Gasteiger partial charge on any atom is -0.497 e. The van der Waals surface area contributed by atoms with E-state index in [0.29, 0.717) is 5.75 Å². The van der Waals surface area contributed by atoms with Crippen LogP contribution in [0.1, 0.15) is 5.69 Å². The van der Waals surface area contributed by atoms with Gasteiger partial charge in [-0.3, -0.25) is 4.63 Å². The first kappa shape index (κ1) is 12.4. The number of methoxy groups -OCH3 is 1. The molecular formula is C10H10N2O5S. The number of benzene rings is 1. The second-order valence-corrected chi connectivity index (χ2v) is 5.36. The molecule has 7 nitrogen and oxygen atoms in total. The molecule has 0 unspecified atom stereocenters. The molecule has 2 aromatic rings. The highest BCUT2D eigenvalue weighted by molar-refractivity contribution is 7.91. The van der Waals surface area contributed by atoms with Crippen LogP contribution in [-0.4, -0.2) is 20.7 Å². The molecule has 1 aromatic heterocycles. The topological polar surface area (TPSA) is 96.3 Å². The van der Waals surface area contributed by atoms with Gasteiger partial charge in [-0.1, -0.05) is 0 Å². The van der Waals surface area contributed by atoms with Crippen molar-refractivity contribution in [2.24, 2.45) is 0 Å². The number of hydrogen-bond donors (Lipinski definition) is 0. The van der Waals surface area contributed by atoms with E-state index in [1.165, 1.54) is 38.3 Å². The third-order valence-electron chi connectivity index (χ3n) is 2.41. The molecule has 0 saturated carbocycles. The quantitative estimate of drug-likeness (QED) is 0.751. The zero-order chi connectivity index (χ0) is 13.3. The molecule has 1 aromatic carbocycles. The van der Waals surface area contributed by atoms with Gasteiger partial charge >= 0.3 is 5.03 Å². The molecule has 0 radical (unpaired) electrons. The van der Waals surface area contributed by atoms with Crippen LogP contribution in [0.25, 0.3) is 0 Å². The fourth-order valence-corrected chi connectivity index (χ4v) is 2.70. The lowest BCUT2D eigenvalue weighted by Crippen LogP contribution is -2.26. The number of nitrogens with zero attached hydrogens (tertiary/aromatic N) is 2. The zero-order valence-corrected chi connectivity index (χ0v) is 10.5. The zero-order valence-electron chi connectivity index (χ0n) is 9.65. The van der Waals surface area contributed by atoms with Gasteiger partial charge in [0, 0.05) is 6.92 Å². The van der Waals surface area contributed by atoms with Gasteiger partial charge in [0.1, 0.15) is 5.75 Å². The van der Waals surface area contributed by atoms with Gasteiger partial charge in [-0.05, 0) is 29.2 Å². The van der Waals surface area contributed by atoms with Crippen molar-refractivity contribution < 1.29 is 22.7 Å². The summed E-state index contributed by atoms with van der Waals surface area (Å²) in [4.78, 5) is 0.0662. The van der Waals surface area contributed by atoms with Crippen molar-refractivity contribution >= 4 is 9.84 Å². The van der Waals surface area contributed by atoms with Gasteiger partial charge in [-0.25, -0.2) is 8.42 Å². The van der Waals surface area contributed by atoms with Gasteiger partial charge < -0.3 is 9.94 Å². The van der Waals surface area contributed by atoms with E-state index in [2.05, 4.69) is 9.79 Å². The Morgan fingerprint density at radius 1 is 1.33 bits per heavy atom. The Hall–Kier alpha value is -2.09. The summed E-state index contributed by atoms with van der Waals surface area (Å²) >= 11 is 0. The highest BCUT2D eigenvalue weighted by Gasteiger charge is 2.31. The van der Waals surface area contributed by atoms with Gasteiger partial charge in [0.05, 0.1) is 17.2 Å². The van der Waals surface area contributed by atoms with Crippen LogP contribution < -0.4 is 9.64 Å². The predicted octanol–water partition coefficient (Wildman–Crippen LogP) is 0.458. The average Bonchev–Trinajstić information content (AvgIpc) is 2.70. The van der Waals surface area contributed by atoms with Crippen LogP contribution >= 0.6 is 0 Å². The maximum absolute atomic E-state index is 12.2. The van der Waals surface area contributed by atoms with Gasteiger partial charge in [-0.2, -0.15) is 0 Å². The van der Waals surface area contributed by atoms with E-state index in [-0.39, 0.29) is 20.5 Å². The van der Waals surface area contributed by atoms with Crippen molar-refractivity contribution in [2.75, 3.05) is 7.11 Å². The van der Waals surface area contributed by atoms with E-state index in [1.807, 2.05) is 0 Å². The maximum atomic E-state index is 12.2. The number of ether oxygens (including phenoxy) is 1. The Kier molecular flexibility index (Phi) is 2.95. The second-order valence-electron chi connectivity index (χ2n) is 3.50. The molecule has 2 rings (SSSR count). The minimum absolute atomic E-state index is 0.0142. The average molecular weight is 270 g/mol. The van der Waals surface area contributed by atoms with Crippen molar-refractivity contribution in [3.63, 3.8) is 0 Å². The normalized spacial score (nSPS) is 11.4. The SMILES string of the molecule is COc1ccc(S(=O)(=O)c2no[n+]([O-])c2C)cc1. The Bertz CT molecular complexity index is 660. The third-order valence-corrected chi connectivity index (χ3v) is 4.18. The van der Waals surface area contributed by atoms with Crippen molar-refractivity contribution in [1.29, 1.82) is 0 Å². The van der Waals surface area contributed by atoms with Gasteiger partial charge in [0.2, 0.25) is 5.69 Å². The van der Waals surface area contributed by atoms with Gasteiger partial charge in [0.15, 0.2) is 0 Å². The molecule has 18 heavy (non-hydrogen) atoms. The summed E-state index contributed by atoms with van der Waals surface area (Å²) in [7, 11) is -2.38. The number of hydrogen-bond acceptors (Lipinski definition) is 6. The number of aromatic nitrogens is 2. The Morgan fingerprint density at radius 3 is 2.39 bits per heavy atom. The van der Waals surface area contributed by atoms with E-state index in [9.17, 15) is 13.6 Å². The van der Waals surface area contributed by atoms with Gasteiger partial charge in [-0.15, -0.1) is 0 Å². The Morgan fingerprint density at radius 2 is 1.94 bits per heavy atom. The van der Waals surface area contributed by atoms with E-state index >= 15 is 0 Å². The van der Waals surface area contributed by atoms with E-state index in [1.54, 1.807) is 0 Å². The molecule has 0 amide bonds. The van der Waals surface area contributed by atoms with Crippen molar-refractivity contribution in [3.8, 4) is 5.75 Å². The minimum atomic E-state index is -3.86. The number of rotatable bonds is 3. The molecule has 0 aliphatic heterocycles. The molecule has 0 atom stereocenters. The molecule has 96 valence electrons. The van der Waals surface area contributed by atoms with Crippen LogP contribution in [0.4, 0.5) is 0 Å². The van der Waals surface area contributed by atoms with Crippen molar-refractivity contribution in [1.82, 2.24) is 5.16 Å². The first-order valence-corrected chi connectivity index (χ1v) is 6.40. The molecule has 0 N–H and O–H groups in total. The molecule has 0 aliphatic carbocycles. The first-order chi connectivity index (χ1) is 8.46. The first-order valence-electron chi connectivity index (χ1n) is 4.92. The highest BCUT2D eigenvalue weighted by Crippen LogP contribution is 2.22. The highest BCUT2D eigenvalue weighted by atomic mass is 32.2. The smallest absolute Gasteiger partial charge is 0.338 e. The van der Waals surface area contributed by atoms with Crippen LogP contribution in [0.15, 0.2) is 38.8 Å². The van der Waals surface area contributed by atoms with Crippen molar-refractivity contribution in [3.05, 3.63) is 35.2 Å². The lowest BCUT2D eigenvalue weighted by Gasteiger charge is -2.01. The molecule has 0 fully saturated rings. The molecule has 0 spiro atoms. The van der Waals surface area contributed by atoms with Crippen LogP contribution in [0.3, 0.4) is 0 Å². The fraction of sp³-hybridized carbons (Fsp3) is 0.200. The van der Waals surface area contributed by atoms with E-state index in [4.69, 9.17) is 4.74 Å². The van der Waals surface area contributed by atoms with Crippen LogP contribution in [-0.2, 0) is 9.84 Å². The summed E-state index contributed by atoms with van der Waals surface area (Å²) in [5, 5.41) is 13.9. The number of sulfone groups is 1. The summed E-state index contributed by atoms with van der Waals surface area (Å²) in [5.74, 6) is 0.532. The summed E-state index contributed by atoms with van der Waals surface area (Å²) in [6.45, 7) is 1.32. The van der Waals surface area contributed by atoms with E-state index in [0.717, 1.165) is 0 Å². The predicted molar refractivity (Wildman–Crippen MR) is 58.6 cm³/mol. The molecular weight excluding hydrogens is 260 g/mol. The lowest BCUT2D eigenvalue weighted by molar-refractivity contribution is -0.807. The Labute approximate surface area is 103 Å². The second kappa shape index (κ2) is 4.30. The van der Waals surface area contributed by atoms with E-state index < -0.39 is 9.84 Å². The summed E-state index contributed by atoms with van der Waals surface area (Å²) in [6, 6.07) is 5.76. The molecule has 1 heterocycles. The van der Waals surface area contributed by atoms with Gasteiger partial charge in [0.25, 0.3) is 9.84 Å². The molecule has 0 saturated heterocycles. The van der Waals surface area contributed by atoms with Crippen molar-refractivity contribution in [2.45, 2.75) is 16.8 Å². The fourth-order valence-electron chi connectivity index (χ4n) is 1.39. The standard InChI is InChI=1S/C10H10N2O5S/c1-7-10(11-17-12(7)13)18(14,15)9-5-3-8(16-2)4-6-9/h3-6H,1-2H3.